The van der Waals surface area contributed by atoms with Crippen molar-refractivity contribution in [2.75, 3.05) is 7.05 Å². The minimum absolute atomic E-state index is 0. The number of alkyl halides is 3. The SMILES string of the molecule is CN=C(NCc1cccc(F)c1)NCc1cccc(C(F)(F)F)c1.I. The number of hydrogen-bond acceptors (Lipinski definition) is 1. The van der Waals surface area contributed by atoms with Gasteiger partial charge in [0, 0.05) is 20.1 Å². The molecule has 0 saturated carbocycles. The summed E-state index contributed by atoms with van der Waals surface area (Å²) in [7, 11) is 1.55. The van der Waals surface area contributed by atoms with Crippen molar-refractivity contribution in [3.63, 3.8) is 0 Å². The monoisotopic (exact) mass is 467 g/mol. The molecule has 0 amide bonds. The fourth-order valence-corrected chi connectivity index (χ4v) is 2.10. The van der Waals surface area contributed by atoms with Gasteiger partial charge in [-0.15, -0.1) is 24.0 Å². The predicted molar refractivity (Wildman–Crippen MR) is 100 cm³/mol. The van der Waals surface area contributed by atoms with Crippen molar-refractivity contribution >= 4 is 29.9 Å². The van der Waals surface area contributed by atoms with Crippen LogP contribution in [0.2, 0.25) is 0 Å². The number of rotatable bonds is 4. The van der Waals surface area contributed by atoms with E-state index in [1.807, 2.05) is 0 Å². The van der Waals surface area contributed by atoms with Crippen LogP contribution >= 0.6 is 24.0 Å². The largest absolute Gasteiger partial charge is 0.416 e. The second kappa shape index (κ2) is 9.59. The maximum atomic E-state index is 13.1. The fraction of sp³-hybridized carbons (Fsp3) is 0.235. The van der Waals surface area contributed by atoms with Crippen molar-refractivity contribution in [2.24, 2.45) is 4.99 Å². The fourth-order valence-electron chi connectivity index (χ4n) is 2.10. The average molecular weight is 467 g/mol. The molecule has 0 aliphatic heterocycles. The van der Waals surface area contributed by atoms with Crippen LogP contribution < -0.4 is 10.6 Å². The molecule has 3 nitrogen and oxygen atoms in total. The van der Waals surface area contributed by atoms with Gasteiger partial charge in [0.25, 0.3) is 0 Å². The maximum Gasteiger partial charge on any atom is 0.416 e. The van der Waals surface area contributed by atoms with E-state index in [0.29, 0.717) is 18.1 Å². The Balaban J connectivity index is 0.00000312. The number of hydrogen-bond donors (Lipinski definition) is 2. The van der Waals surface area contributed by atoms with Crippen LogP contribution in [0.1, 0.15) is 16.7 Å². The summed E-state index contributed by atoms with van der Waals surface area (Å²) in [6, 6.07) is 11.2. The van der Waals surface area contributed by atoms with Crippen molar-refractivity contribution in [2.45, 2.75) is 19.3 Å². The van der Waals surface area contributed by atoms with E-state index in [9.17, 15) is 17.6 Å². The Morgan fingerprint density at radius 3 is 2.04 bits per heavy atom. The topological polar surface area (TPSA) is 36.4 Å². The number of nitrogens with one attached hydrogen (secondary N) is 2. The molecule has 0 bridgehead atoms. The molecule has 0 aliphatic rings. The molecule has 0 saturated heterocycles. The van der Waals surface area contributed by atoms with Gasteiger partial charge in [-0.1, -0.05) is 24.3 Å². The van der Waals surface area contributed by atoms with Gasteiger partial charge in [-0.2, -0.15) is 13.2 Å². The third kappa shape index (κ3) is 6.89. The van der Waals surface area contributed by atoms with Crippen molar-refractivity contribution in [3.05, 3.63) is 71.0 Å². The molecule has 0 atom stereocenters. The lowest BCUT2D eigenvalue weighted by atomic mass is 10.1. The maximum absolute atomic E-state index is 13.1. The number of nitrogens with zero attached hydrogens (tertiary/aromatic N) is 1. The minimum atomic E-state index is -4.37. The van der Waals surface area contributed by atoms with Crippen molar-refractivity contribution in [1.82, 2.24) is 10.6 Å². The van der Waals surface area contributed by atoms with Crippen LogP contribution in [0.5, 0.6) is 0 Å². The Kier molecular flexibility index (Phi) is 8.14. The zero-order valence-electron chi connectivity index (χ0n) is 13.4. The Morgan fingerprint density at radius 2 is 1.52 bits per heavy atom. The molecule has 136 valence electrons. The van der Waals surface area contributed by atoms with E-state index in [2.05, 4.69) is 15.6 Å². The molecule has 2 aromatic rings. The first-order valence-electron chi connectivity index (χ1n) is 7.23. The highest BCUT2D eigenvalue weighted by molar-refractivity contribution is 14.0. The van der Waals surface area contributed by atoms with Crippen LogP contribution in [-0.4, -0.2) is 13.0 Å². The van der Waals surface area contributed by atoms with E-state index < -0.39 is 11.7 Å². The number of aliphatic imine (C=N–C) groups is 1. The van der Waals surface area contributed by atoms with Crippen molar-refractivity contribution in [1.29, 1.82) is 0 Å². The molecule has 0 heterocycles. The van der Waals surface area contributed by atoms with E-state index >= 15 is 0 Å². The first-order valence-corrected chi connectivity index (χ1v) is 7.23. The lowest BCUT2D eigenvalue weighted by molar-refractivity contribution is -0.137. The van der Waals surface area contributed by atoms with Gasteiger partial charge in [-0.25, -0.2) is 4.39 Å². The number of guanidine groups is 1. The highest BCUT2D eigenvalue weighted by atomic mass is 127. The van der Waals surface area contributed by atoms with Gasteiger partial charge < -0.3 is 10.6 Å². The molecule has 8 heteroatoms. The van der Waals surface area contributed by atoms with E-state index in [0.717, 1.165) is 17.7 Å². The molecule has 2 N–H and O–H groups in total. The summed E-state index contributed by atoms with van der Waals surface area (Å²) in [6.45, 7) is 0.534. The smallest absolute Gasteiger partial charge is 0.352 e. The van der Waals surface area contributed by atoms with Crippen LogP contribution in [0, 0.1) is 5.82 Å². The lowest BCUT2D eigenvalue weighted by Gasteiger charge is -2.13. The van der Waals surface area contributed by atoms with Crippen LogP contribution in [0.15, 0.2) is 53.5 Å². The number of benzene rings is 2. The van der Waals surface area contributed by atoms with E-state index in [1.165, 1.54) is 18.2 Å². The molecule has 2 rings (SSSR count). The summed E-state index contributed by atoms with van der Waals surface area (Å²) >= 11 is 0. The second-order valence-corrected chi connectivity index (χ2v) is 5.11. The summed E-state index contributed by atoms with van der Waals surface area (Å²) in [5, 5.41) is 5.91. The quantitative estimate of drug-likeness (QED) is 0.304. The highest BCUT2D eigenvalue weighted by Crippen LogP contribution is 2.29. The summed E-state index contributed by atoms with van der Waals surface area (Å²) < 4.78 is 51.2. The molecule has 2 aromatic carbocycles. The van der Waals surface area contributed by atoms with Crippen molar-refractivity contribution in [3.8, 4) is 0 Å². The minimum Gasteiger partial charge on any atom is -0.352 e. The summed E-state index contributed by atoms with van der Waals surface area (Å²) in [5.41, 5.74) is 0.528. The van der Waals surface area contributed by atoms with Gasteiger partial charge >= 0.3 is 6.18 Å². The Hall–Kier alpha value is -1.84. The molecule has 0 spiro atoms. The first-order chi connectivity index (χ1) is 11.4. The first kappa shape index (κ1) is 21.2. The molecule has 0 radical (unpaired) electrons. The number of halogens is 5. The standard InChI is InChI=1S/C17H17F4N3.HI/c1-22-16(24-11-13-5-3-7-15(18)9-13)23-10-12-4-2-6-14(8-12)17(19,20)21;/h2-9H,10-11H2,1H3,(H2,22,23,24);1H. The van der Waals surface area contributed by atoms with Gasteiger partial charge in [-0.05, 0) is 35.4 Å². The normalized spacial score (nSPS) is 11.6. The third-order valence-corrected chi connectivity index (χ3v) is 3.29. The zero-order chi connectivity index (χ0) is 17.6. The molecule has 0 aliphatic carbocycles. The zero-order valence-corrected chi connectivity index (χ0v) is 15.7. The van der Waals surface area contributed by atoms with Crippen LogP contribution in [0.4, 0.5) is 17.6 Å². The van der Waals surface area contributed by atoms with Gasteiger partial charge in [0.05, 0.1) is 5.56 Å². The predicted octanol–water partition coefficient (Wildman–Crippen LogP) is 4.33. The molecular weight excluding hydrogens is 449 g/mol. The molecule has 0 fully saturated rings. The Morgan fingerprint density at radius 1 is 0.960 bits per heavy atom. The summed E-state index contributed by atoms with van der Waals surface area (Å²) in [5.74, 6) is 0.0814. The molecular formula is C17H18F4IN3. The summed E-state index contributed by atoms with van der Waals surface area (Å²) in [6.07, 6.45) is -4.37. The molecule has 0 aromatic heterocycles. The lowest BCUT2D eigenvalue weighted by Crippen LogP contribution is -2.36. The van der Waals surface area contributed by atoms with Crippen molar-refractivity contribution < 1.29 is 17.6 Å². The van der Waals surface area contributed by atoms with Gasteiger partial charge in [0.2, 0.25) is 0 Å². The van der Waals surface area contributed by atoms with E-state index in [1.54, 1.807) is 25.2 Å². The van der Waals surface area contributed by atoms with Crippen LogP contribution in [0.3, 0.4) is 0 Å². The average Bonchev–Trinajstić information content (AvgIpc) is 2.54. The van der Waals surface area contributed by atoms with Gasteiger partial charge in [0.15, 0.2) is 5.96 Å². The van der Waals surface area contributed by atoms with Crippen LogP contribution in [-0.2, 0) is 19.3 Å². The summed E-state index contributed by atoms with van der Waals surface area (Å²) in [4.78, 5) is 3.99. The second-order valence-electron chi connectivity index (χ2n) is 5.11. The third-order valence-electron chi connectivity index (χ3n) is 3.29. The van der Waals surface area contributed by atoms with Crippen LogP contribution in [0.25, 0.3) is 0 Å². The molecule has 0 unspecified atom stereocenters. The Labute approximate surface area is 160 Å². The van der Waals surface area contributed by atoms with E-state index in [-0.39, 0.29) is 36.3 Å². The van der Waals surface area contributed by atoms with Gasteiger partial charge in [-0.3, -0.25) is 4.99 Å². The van der Waals surface area contributed by atoms with E-state index in [4.69, 9.17) is 0 Å². The highest BCUT2D eigenvalue weighted by Gasteiger charge is 2.30. The Bertz CT molecular complexity index is 717. The molecule has 25 heavy (non-hydrogen) atoms. The van der Waals surface area contributed by atoms with Gasteiger partial charge in [0.1, 0.15) is 5.82 Å².